The molecule has 0 bridgehead atoms. The van der Waals surface area contributed by atoms with Gasteiger partial charge in [0.05, 0.1) is 6.04 Å². The predicted octanol–water partition coefficient (Wildman–Crippen LogP) is 4.71. The molecule has 0 saturated carbocycles. The second kappa shape index (κ2) is 11.1. The van der Waals surface area contributed by atoms with Gasteiger partial charge in [0.2, 0.25) is 0 Å². The SMILES string of the molecule is CC(C)CC1(C)N=C(N)N(CC2CCN(C(=O)NC(c3ccccc3)C3C=CCCC3C)CC2)C1=O. The summed E-state index contributed by atoms with van der Waals surface area (Å²) in [5.74, 6) is 1.81. The fourth-order valence-electron chi connectivity index (χ4n) is 6.16. The highest BCUT2D eigenvalue weighted by atomic mass is 16.2. The molecule has 1 fully saturated rings. The number of nitrogens with two attached hydrogens (primary N) is 1. The topological polar surface area (TPSA) is 91.0 Å². The van der Waals surface area contributed by atoms with Gasteiger partial charge < -0.3 is 16.0 Å². The van der Waals surface area contributed by atoms with Gasteiger partial charge in [0.25, 0.3) is 5.91 Å². The Balaban J connectivity index is 1.35. The number of aliphatic imine (C=N–C) groups is 1. The van der Waals surface area contributed by atoms with Crippen molar-refractivity contribution in [3.63, 3.8) is 0 Å². The molecule has 3 N–H and O–H groups in total. The van der Waals surface area contributed by atoms with E-state index in [0.29, 0.717) is 49.8 Å². The standard InChI is InChI=1S/C29H43N5O2/c1-20(2)18-29(4)26(35)34(27(30)32-29)19-22-14-16-33(17-15-22)28(36)31-25(23-11-6-5-7-12-23)24-13-9-8-10-21(24)3/h5-7,9,11-13,20-22,24-25H,8,10,14-19H2,1-4H3,(H2,30,32)(H,31,36). The van der Waals surface area contributed by atoms with Gasteiger partial charge in [-0.25, -0.2) is 9.79 Å². The maximum Gasteiger partial charge on any atom is 0.317 e. The molecule has 0 radical (unpaired) electrons. The average Bonchev–Trinajstić information content (AvgIpc) is 3.06. The van der Waals surface area contributed by atoms with E-state index in [4.69, 9.17) is 5.73 Å². The number of nitrogens with zero attached hydrogens (tertiary/aromatic N) is 3. The summed E-state index contributed by atoms with van der Waals surface area (Å²) in [6.45, 7) is 10.3. The fraction of sp³-hybridized carbons (Fsp3) is 0.621. The van der Waals surface area contributed by atoms with Crippen LogP contribution < -0.4 is 11.1 Å². The summed E-state index contributed by atoms with van der Waals surface area (Å²) in [7, 11) is 0. The lowest BCUT2D eigenvalue weighted by Crippen LogP contribution is -2.50. The van der Waals surface area contributed by atoms with E-state index in [-0.39, 0.29) is 23.9 Å². The highest BCUT2D eigenvalue weighted by molar-refractivity contribution is 6.06. The van der Waals surface area contributed by atoms with E-state index in [1.807, 2.05) is 30.0 Å². The molecule has 196 valence electrons. The minimum Gasteiger partial charge on any atom is -0.369 e. The lowest BCUT2D eigenvalue weighted by molar-refractivity contribution is -0.131. The first-order valence-corrected chi connectivity index (χ1v) is 13.6. The molecule has 3 aliphatic rings. The van der Waals surface area contributed by atoms with Gasteiger partial charge in [-0.2, -0.15) is 0 Å². The highest BCUT2D eigenvalue weighted by Crippen LogP contribution is 2.35. The number of piperidine rings is 1. The van der Waals surface area contributed by atoms with E-state index in [1.165, 1.54) is 0 Å². The molecule has 3 amide bonds. The van der Waals surface area contributed by atoms with Gasteiger partial charge in [-0.1, -0.05) is 63.3 Å². The maximum atomic E-state index is 13.4. The van der Waals surface area contributed by atoms with E-state index >= 15 is 0 Å². The number of urea groups is 1. The molecule has 7 nitrogen and oxygen atoms in total. The molecule has 1 saturated heterocycles. The number of benzene rings is 1. The number of nitrogens with one attached hydrogen (secondary N) is 1. The van der Waals surface area contributed by atoms with Crippen LogP contribution in [0.4, 0.5) is 4.79 Å². The van der Waals surface area contributed by atoms with Crippen LogP contribution in [0.3, 0.4) is 0 Å². The van der Waals surface area contributed by atoms with Gasteiger partial charge in [-0.3, -0.25) is 9.69 Å². The van der Waals surface area contributed by atoms with E-state index < -0.39 is 5.54 Å². The number of carbonyl (C=O) groups excluding carboxylic acids is 2. The van der Waals surface area contributed by atoms with Crippen LogP contribution in [-0.4, -0.2) is 52.9 Å². The number of carbonyl (C=O) groups is 2. The molecule has 1 aromatic carbocycles. The Morgan fingerprint density at radius 2 is 1.89 bits per heavy atom. The van der Waals surface area contributed by atoms with E-state index in [0.717, 1.165) is 31.2 Å². The second-order valence-corrected chi connectivity index (χ2v) is 11.6. The van der Waals surface area contributed by atoms with Crippen molar-refractivity contribution in [2.24, 2.45) is 34.4 Å². The van der Waals surface area contributed by atoms with Crippen LogP contribution in [0.1, 0.15) is 71.4 Å². The molecule has 1 aliphatic carbocycles. The Labute approximate surface area is 216 Å². The third-order valence-corrected chi connectivity index (χ3v) is 8.12. The van der Waals surface area contributed by atoms with Gasteiger partial charge in [0.15, 0.2) is 5.96 Å². The zero-order valence-electron chi connectivity index (χ0n) is 22.3. The number of amides is 3. The second-order valence-electron chi connectivity index (χ2n) is 11.6. The molecule has 7 heteroatoms. The smallest absolute Gasteiger partial charge is 0.317 e. The Bertz CT molecular complexity index is 983. The predicted molar refractivity (Wildman–Crippen MR) is 144 cm³/mol. The van der Waals surface area contributed by atoms with Crippen LogP contribution >= 0.6 is 0 Å². The number of allylic oxidation sites excluding steroid dienone is 1. The average molecular weight is 494 g/mol. The molecule has 2 heterocycles. The van der Waals surface area contributed by atoms with Gasteiger partial charge in [-0.05, 0) is 62.3 Å². The number of hydrogen-bond acceptors (Lipinski definition) is 4. The van der Waals surface area contributed by atoms with Crippen molar-refractivity contribution in [2.75, 3.05) is 19.6 Å². The van der Waals surface area contributed by atoms with Crippen molar-refractivity contribution in [2.45, 2.75) is 71.4 Å². The highest BCUT2D eigenvalue weighted by Gasteiger charge is 2.45. The Hall–Kier alpha value is -2.83. The summed E-state index contributed by atoms with van der Waals surface area (Å²) >= 11 is 0. The normalized spacial score (nSPS) is 27.9. The lowest BCUT2D eigenvalue weighted by Gasteiger charge is -2.37. The van der Waals surface area contributed by atoms with Crippen molar-refractivity contribution < 1.29 is 9.59 Å². The molecule has 1 aromatic rings. The molecule has 4 rings (SSSR count). The minimum atomic E-state index is -0.754. The van der Waals surface area contributed by atoms with Gasteiger partial charge in [-0.15, -0.1) is 0 Å². The van der Waals surface area contributed by atoms with Crippen LogP contribution in [0.2, 0.25) is 0 Å². The van der Waals surface area contributed by atoms with Crippen LogP contribution in [0.5, 0.6) is 0 Å². The first-order chi connectivity index (χ1) is 17.2. The molecular weight excluding hydrogens is 450 g/mol. The van der Waals surface area contributed by atoms with Crippen LogP contribution in [0, 0.1) is 23.7 Å². The van der Waals surface area contributed by atoms with Crippen molar-refractivity contribution in [1.82, 2.24) is 15.1 Å². The van der Waals surface area contributed by atoms with Gasteiger partial charge in [0.1, 0.15) is 5.54 Å². The van der Waals surface area contributed by atoms with Crippen molar-refractivity contribution in [3.8, 4) is 0 Å². The third-order valence-electron chi connectivity index (χ3n) is 8.12. The van der Waals surface area contributed by atoms with Gasteiger partial charge >= 0.3 is 6.03 Å². The fourth-order valence-corrected chi connectivity index (χ4v) is 6.16. The number of likely N-dealkylation sites (tertiary alicyclic amines) is 1. The van der Waals surface area contributed by atoms with Crippen LogP contribution in [0.25, 0.3) is 0 Å². The zero-order valence-corrected chi connectivity index (χ0v) is 22.3. The zero-order chi connectivity index (χ0) is 25.9. The van der Waals surface area contributed by atoms with E-state index in [2.05, 4.69) is 55.4 Å². The quantitative estimate of drug-likeness (QED) is 0.539. The molecule has 0 spiro atoms. The summed E-state index contributed by atoms with van der Waals surface area (Å²) in [4.78, 5) is 34.6. The first-order valence-electron chi connectivity index (χ1n) is 13.6. The summed E-state index contributed by atoms with van der Waals surface area (Å²) in [5, 5.41) is 3.37. The molecule has 4 unspecified atom stereocenters. The molecule has 2 aliphatic heterocycles. The first kappa shape index (κ1) is 26.2. The summed E-state index contributed by atoms with van der Waals surface area (Å²) in [6.07, 6.45) is 9.17. The molecule has 0 aromatic heterocycles. The monoisotopic (exact) mass is 493 g/mol. The van der Waals surface area contributed by atoms with Crippen molar-refractivity contribution in [3.05, 3.63) is 48.0 Å². The van der Waals surface area contributed by atoms with Gasteiger partial charge in [0, 0.05) is 25.6 Å². The van der Waals surface area contributed by atoms with Crippen LogP contribution in [0.15, 0.2) is 47.5 Å². The van der Waals surface area contributed by atoms with E-state index in [1.54, 1.807) is 4.90 Å². The molecule has 36 heavy (non-hydrogen) atoms. The van der Waals surface area contributed by atoms with Crippen molar-refractivity contribution in [1.29, 1.82) is 0 Å². The Kier molecular flexibility index (Phi) is 8.06. The molecule has 4 atom stereocenters. The molecular formula is C29H43N5O2. The van der Waals surface area contributed by atoms with Crippen LogP contribution in [-0.2, 0) is 4.79 Å². The van der Waals surface area contributed by atoms with E-state index in [9.17, 15) is 9.59 Å². The summed E-state index contributed by atoms with van der Waals surface area (Å²) in [6, 6.07) is 10.3. The van der Waals surface area contributed by atoms with Crippen molar-refractivity contribution >= 4 is 17.9 Å². The number of guanidine groups is 1. The number of hydrogen-bond donors (Lipinski definition) is 2. The lowest BCUT2D eigenvalue weighted by atomic mass is 9.78. The maximum absolute atomic E-state index is 13.4. The minimum absolute atomic E-state index is 0.00342. The Morgan fingerprint density at radius 3 is 2.53 bits per heavy atom. The third kappa shape index (κ3) is 5.76. The largest absolute Gasteiger partial charge is 0.369 e. The Morgan fingerprint density at radius 1 is 1.19 bits per heavy atom. The summed E-state index contributed by atoms with van der Waals surface area (Å²) in [5.41, 5.74) is 6.58. The number of rotatable bonds is 7. The summed E-state index contributed by atoms with van der Waals surface area (Å²) < 4.78 is 0.